The first kappa shape index (κ1) is 15.3. The Hall–Kier alpha value is -2.63. The van der Waals surface area contributed by atoms with Gasteiger partial charge in [-0.25, -0.2) is 4.39 Å². The number of benzene rings is 1. The number of anilines is 1. The van der Waals surface area contributed by atoms with Crippen molar-refractivity contribution in [2.45, 2.75) is 19.9 Å². The Kier molecular flexibility index (Phi) is 3.90. The molecule has 23 heavy (non-hydrogen) atoms. The first-order valence-corrected chi connectivity index (χ1v) is 7.41. The molecule has 1 aromatic carbocycles. The zero-order chi connectivity index (χ0) is 16.6. The summed E-state index contributed by atoms with van der Waals surface area (Å²) in [5, 5.41) is 0. The summed E-state index contributed by atoms with van der Waals surface area (Å²) in [7, 11) is 0. The first-order valence-electron chi connectivity index (χ1n) is 7.41. The summed E-state index contributed by atoms with van der Waals surface area (Å²) in [5.41, 5.74) is 1.04. The van der Waals surface area contributed by atoms with Gasteiger partial charge in [-0.2, -0.15) is 0 Å². The van der Waals surface area contributed by atoms with Crippen LogP contribution in [0.3, 0.4) is 0 Å². The minimum absolute atomic E-state index is 0.208. The zero-order valence-corrected chi connectivity index (χ0v) is 13.0. The molecule has 1 atom stereocenters. The maximum Gasteiger partial charge on any atom is 0.290 e. The normalized spacial score (nSPS) is 18.4. The van der Waals surface area contributed by atoms with E-state index in [0.717, 1.165) is 0 Å². The molecule has 1 unspecified atom stereocenters. The molecule has 0 spiro atoms. The van der Waals surface area contributed by atoms with Crippen LogP contribution in [0.15, 0.2) is 41.0 Å². The lowest BCUT2D eigenvalue weighted by molar-refractivity contribution is -0.124. The molecular formula is C17H17FN2O3. The summed E-state index contributed by atoms with van der Waals surface area (Å²) < 4.78 is 18.8. The minimum atomic E-state index is -0.634. The number of furan rings is 1. The van der Waals surface area contributed by atoms with Crippen molar-refractivity contribution in [3.8, 4) is 0 Å². The molecule has 1 saturated heterocycles. The van der Waals surface area contributed by atoms with Crippen molar-refractivity contribution < 1.29 is 18.4 Å². The van der Waals surface area contributed by atoms with Crippen molar-refractivity contribution in [3.63, 3.8) is 0 Å². The van der Waals surface area contributed by atoms with Crippen molar-refractivity contribution >= 4 is 17.5 Å². The van der Waals surface area contributed by atoms with E-state index >= 15 is 0 Å². The Labute approximate surface area is 133 Å². The van der Waals surface area contributed by atoms with Gasteiger partial charge < -0.3 is 14.2 Å². The Bertz CT molecular complexity index is 742. The minimum Gasteiger partial charge on any atom is -0.459 e. The monoisotopic (exact) mass is 316 g/mol. The van der Waals surface area contributed by atoms with Gasteiger partial charge in [-0.05, 0) is 43.7 Å². The summed E-state index contributed by atoms with van der Waals surface area (Å²) in [6, 6.07) is 7.28. The highest BCUT2D eigenvalue weighted by atomic mass is 19.1. The molecule has 2 aromatic rings. The summed E-state index contributed by atoms with van der Waals surface area (Å²) in [6.07, 6.45) is 1.42. The second-order valence-electron chi connectivity index (χ2n) is 5.58. The van der Waals surface area contributed by atoms with Crippen molar-refractivity contribution in [1.29, 1.82) is 0 Å². The lowest BCUT2D eigenvalue weighted by Crippen LogP contribution is -2.57. The molecule has 0 bridgehead atoms. The Morgan fingerprint density at radius 3 is 2.74 bits per heavy atom. The summed E-state index contributed by atoms with van der Waals surface area (Å²) in [4.78, 5) is 27.9. The molecule has 2 heterocycles. The van der Waals surface area contributed by atoms with Crippen molar-refractivity contribution in [2.24, 2.45) is 0 Å². The van der Waals surface area contributed by atoms with E-state index < -0.39 is 6.04 Å². The average molecular weight is 316 g/mol. The molecular weight excluding hydrogens is 299 g/mol. The fraction of sp³-hybridized carbons (Fsp3) is 0.294. The van der Waals surface area contributed by atoms with E-state index in [9.17, 15) is 14.0 Å². The van der Waals surface area contributed by atoms with Gasteiger partial charge in [0, 0.05) is 18.8 Å². The fourth-order valence-electron chi connectivity index (χ4n) is 2.70. The predicted molar refractivity (Wildman–Crippen MR) is 82.7 cm³/mol. The highest BCUT2D eigenvalue weighted by molar-refractivity contribution is 6.02. The molecule has 1 fully saturated rings. The van der Waals surface area contributed by atoms with Gasteiger partial charge in [-0.1, -0.05) is 6.07 Å². The van der Waals surface area contributed by atoms with Crippen molar-refractivity contribution in [1.82, 2.24) is 4.90 Å². The van der Waals surface area contributed by atoms with Crippen LogP contribution >= 0.6 is 0 Å². The number of amides is 2. The molecule has 0 saturated carbocycles. The second kappa shape index (κ2) is 5.87. The van der Waals surface area contributed by atoms with Gasteiger partial charge in [-0.15, -0.1) is 0 Å². The van der Waals surface area contributed by atoms with Gasteiger partial charge in [0.05, 0.1) is 6.26 Å². The third-order valence-electron chi connectivity index (χ3n) is 4.12. The molecule has 1 aliphatic heterocycles. The smallest absolute Gasteiger partial charge is 0.290 e. The largest absolute Gasteiger partial charge is 0.459 e. The number of halogens is 1. The standard InChI is InChI=1S/C17H17FN2O3/c1-11-5-6-13(10-14(11)18)20-8-7-19(12(2)16(20)21)17(22)15-4-3-9-23-15/h3-6,9-10,12H,7-8H2,1-2H3. The van der Waals surface area contributed by atoms with E-state index in [4.69, 9.17) is 4.42 Å². The van der Waals surface area contributed by atoms with Gasteiger partial charge in [-0.3, -0.25) is 9.59 Å². The van der Waals surface area contributed by atoms with Crippen LogP contribution < -0.4 is 4.90 Å². The van der Waals surface area contributed by atoms with Crippen LogP contribution in [-0.2, 0) is 4.79 Å². The number of hydrogen-bond donors (Lipinski definition) is 0. The lowest BCUT2D eigenvalue weighted by Gasteiger charge is -2.38. The van der Waals surface area contributed by atoms with Crippen molar-refractivity contribution in [3.05, 3.63) is 53.7 Å². The molecule has 1 aromatic heterocycles. The number of rotatable bonds is 2. The highest BCUT2D eigenvalue weighted by Gasteiger charge is 2.36. The zero-order valence-electron chi connectivity index (χ0n) is 13.0. The van der Waals surface area contributed by atoms with Gasteiger partial charge in [0.2, 0.25) is 5.91 Å². The van der Waals surface area contributed by atoms with Crippen LogP contribution in [0.2, 0.25) is 0 Å². The predicted octanol–water partition coefficient (Wildman–Crippen LogP) is 2.60. The third-order valence-corrected chi connectivity index (χ3v) is 4.12. The number of carbonyl (C=O) groups is 2. The van der Waals surface area contributed by atoms with E-state index in [-0.39, 0.29) is 23.4 Å². The summed E-state index contributed by atoms with van der Waals surface area (Å²) in [5.74, 6) is -0.693. The number of piperazine rings is 1. The fourth-order valence-corrected chi connectivity index (χ4v) is 2.70. The van der Waals surface area contributed by atoms with Crippen LogP contribution in [0.25, 0.3) is 0 Å². The maximum atomic E-state index is 13.7. The molecule has 2 amide bonds. The van der Waals surface area contributed by atoms with Crippen LogP contribution in [0.4, 0.5) is 10.1 Å². The van der Waals surface area contributed by atoms with E-state index in [1.165, 1.54) is 22.1 Å². The number of carbonyl (C=O) groups excluding carboxylic acids is 2. The summed E-state index contributed by atoms with van der Waals surface area (Å²) in [6.45, 7) is 4.02. The maximum absolute atomic E-state index is 13.7. The van der Waals surface area contributed by atoms with Crippen LogP contribution in [-0.4, -0.2) is 35.8 Å². The topological polar surface area (TPSA) is 53.8 Å². The highest BCUT2D eigenvalue weighted by Crippen LogP contribution is 2.23. The Morgan fingerprint density at radius 2 is 2.09 bits per heavy atom. The van der Waals surface area contributed by atoms with E-state index in [1.807, 2.05) is 0 Å². The van der Waals surface area contributed by atoms with Gasteiger partial charge in [0.15, 0.2) is 5.76 Å². The molecule has 0 N–H and O–H groups in total. The average Bonchev–Trinajstić information content (AvgIpc) is 3.06. The number of aryl methyl sites for hydroxylation is 1. The molecule has 0 aliphatic carbocycles. The van der Waals surface area contributed by atoms with Gasteiger partial charge >= 0.3 is 0 Å². The lowest BCUT2D eigenvalue weighted by atomic mass is 10.1. The molecule has 1 aliphatic rings. The van der Waals surface area contributed by atoms with Gasteiger partial charge in [0.1, 0.15) is 11.9 Å². The SMILES string of the molecule is Cc1ccc(N2CCN(C(=O)c3ccco3)C(C)C2=O)cc1F. The Morgan fingerprint density at radius 1 is 1.30 bits per heavy atom. The summed E-state index contributed by atoms with van der Waals surface area (Å²) >= 11 is 0. The molecule has 3 rings (SSSR count). The van der Waals surface area contributed by atoms with Crippen LogP contribution in [0, 0.1) is 12.7 Å². The molecule has 0 radical (unpaired) electrons. The molecule has 6 heteroatoms. The van der Waals surface area contributed by atoms with E-state index in [0.29, 0.717) is 24.3 Å². The number of hydrogen-bond acceptors (Lipinski definition) is 3. The van der Waals surface area contributed by atoms with Crippen LogP contribution in [0.5, 0.6) is 0 Å². The first-order chi connectivity index (χ1) is 11.0. The molecule has 5 nitrogen and oxygen atoms in total. The van der Waals surface area contributed by atoms with E-state index in [1.54, 1.807) is 38.1 Å². The van der Waals surface area contributed by atoms with E-state index in [2.05, 4.69) is 0 Å². The van der Waals surface area contributed by atoms with Gasteiger partial charge in [0.25, 0.3) is 5.91 Å². The van der Waals surface area contributed by atoms with Crippen LogP contribution in [0.1, 0.15) is 23.0 Å². The quantitative estimate of drug-likeness (QED) is 0.856. The molecule has 120 valence electrons. The third kappa shape index (κ3) is 2.72. The second-order valence-corrected chi connectivity index (χ2v) is 5.58. The van der Waals surface area contributed by atoms with Crippen molar-refractivity contribution in [2.75, 3.05) is 18.0 Å². The number of nitrogens with zero attached hydrogens (tertiary/aromatic N) is 2. The Balaban J connectivity index is 1.81.